The maximum absolute atomic E-state index is 12.6. The summed E-state index contributed by atoms with van der Waals surface area (Å²) in [4.78, 5) is 27.7. The topological polar surface area (TPSA) is 52.6 Å². The maximum atomic E-state index is 12.6. The van der Waals surface area contributed by atoms with Crippen LogP contribution in [0.2, 0.25) is 0 Å². The van der Waals surface area contributed by atoms with Gasteiger partial charge in [0.25, 0.3) is 0 Å². The van der Waals surface area contributed by atoms with Crippen LogP contribution in [0.4, 0.5) is 5.95 Å². The highest BCUT2D eigenvalue weighted by atomic mass is 16.2. The summed E-state index contributed by atoms with van der Waals surface area (Å²) in [6.07, 6.45) is 4.79. The number of likely N-dealkylation sites (tertiary alicyclic amines) is 1. The Kier molecular flexibility index (Phi) is 5.10. The van der Waals surface area contributed by atoms with Crippen LogP contribution in [0.5, 0.6) is 0 Å². The molecule has 0 N–H and O–H groups in total. The molecule has 2 aliphatic rings. The Balaban J connectivity index is 1.48. The van der Waals surface area contributed by atoms with Gasteiger partial charge < -0.3 is 9.80 Å². The molecule has 1 amide bonds. The van der Waals surface area contributed by atoms with Crippen LogP contribution < -0.4 is 4.90 Å². The molecule has 0 radical (unpaired) electrons. The molecule has 1 aromatic heterocycles. The largest absolute Gasteiger partial charge is 0.341 e. The first-order valence-corrected chi connectivity index (χ1v) is 8.64. The fraction of sp³-hybridized carbons (Fsp3) is 0.706. The lowest BCUT2D eigenvalue weighted by atomic mass is 9.92. The van der Waals surface area contributed by atoms with Gasteiger partial charge in [-0.05, 0) is 24.3 Å². The van der Waals surface area contributed by atoms with E-state index in [1.165, 1.54) is 6.42 Å². The number of carbonyl (C=O) groups excluding carboxylic acids is 1. The van der Waals surface area contributed by atoms with Crippen LogP contribution in [0.25, 0.3) is 0 Å². The Hall–Kier alpha value is -1.69. The number of nitrogens with zero attached hydrogens (tertiary/aromatic N) is 5. The SMILES string of the molecule is CC1CC(C)CN(C(=O)CN2CCN(c3ncccn3)CC2)C1. The number of aromatic nitrogens is 2. The first-order valence-electron chi connectivity index (χ1n) is 8.64. The van der Waals surface area contributed by atoms with Crippen LogP contribution in [0.15, 0.2) is 18.5 Å². The Labute approximate surface area is 138 Å². The van der Waals surface area contributed by atoms with Gasteiger partial charge in [-0.25, -0.2) is 9.97 Å². The summed E-state index contributed by atoms with van der Waals surface area (Å²) in [6.45, 7) is 10.4. The molecular weight excluding hydrogens is 290 g/mol. The third kappa shape index (κ3) is 4.19. The summed E-state index contributed by atoms with van der Waals surface area (Å²) in [5, 5.41) is 0. The Morgan fingerprint density at radius 3 is 2.30 bits per heavy atom. The molecule has 1 aromatic rings. The Bertz CT molecular complexity index is 505. The third-order valence-electron chi connectivity index (χ3n) is 4.79. The number of hydrogen-bond donors (Lipinski definition) is 0. The van der Waals surface area contributed by atoms with E-state index >= 15 is 0 Å². The van der Waals surface area contributed by atoms with E-state index < -0.39 is 0 Å². The van der Waals surface area contributed by atoms with Crippen molar-refractivity contribution in [3.8, 4) is 0 Å². The van der Waals surface area contributed by atoms with Gasteiger partial charge in [-0.1, -0.05) is 13.8 Å². The molecule has 6 heteroatoms. The average Bonchev–Trinajstić information content (AvgIpc) is 2.55. The predicted molar refractivity (Wildman–Crippen MR) is 90.2 cm³/mol. The lowest BCUT2D eigenvalue weighted by Crippen LogP contribution is -2.52. The molecule has 3 heterocycles. The van der Waals surface area contributed by atoms with E-state index in [1.807, 2.05) is 6.07 Å². The first-order chi connectivity index (χ1) is 11.1. The van der Waals surface area contributed by atoms with Gasteiger partial charge in [-0.15, -0.1) is 0 Å². The van der Waals surface area contributed by atoms with E-state index in [0.717, 1.165) is 45.2 Å². The van der Waals surface area contributed by atoms with E-state index in [0.29, 0.717) is 18.4 Å². The molecule has 2 fully saturated rings. The summed E-state index contributed by atoms with van der Waals surface area (Å²) >= 11 is 0. The van der Waals surface area contributed by atoms with Gasteiger partial charge in [-0.3, -0.25) is 9.69 Å². The molecule has 6 nitrogen and oxygen atoms in total. The second-order valence-electron chi connectivity index (χ2n) is 7.06. The normalized spacial score (nSPS) is 26.3. The van der Waals surface area contributed by atoms with Gasteiger partial charge in [0.1, 0.15) is 0 Å². The fourth-order valence-electron chi connectivity index (χ4n) is 3.72. The number of hydrogen-bond acceptors (Lipinski definition) is 5. The molecular formula is C17H27N5O. The van der Waals surface area contributed by atoms with Crippen LogP contribution in [0.1, 0.15) is 20.3 Å². The zero-order chi connectivity index (χ0) is 16.2. The number of carbonyl (C=O) groups is 1. The van der Waals surface area contributed by atoms with Gasteiger partial charge in [-0.2, -0.15) is 0 Å². The molecule has 2 saturated heterocycles. The highest BCUT2D eigenvalue weighted by Crippen LogP contribution is 2.21. The highest BCUT2D eigenvalue weighted by molar-refractivity contribution is 5.78. The van der Waals surface area contributed by atoms with Gasteiger partial charge in [0.2, 0.25) is 11.9 Å². The third-order valence-corrected chi connectivity index (χ3v) is 4.79. The van der Waals surface area contributed by atoms with Crippen molar-refractivity contribution in [1.29, 1.82) is 0 Å². The standard InChI is InChI=1S/C17H27N5O/c1-14-10-15(2)12-22(11-14)16(23)13-20-6-8-21(9-7-20)17-18-4-3-5-19-17/h3-5,14-15H,6-13H2,1-2H3. The lowest BCUT2D eigenvalue weighted by molar-refractivity contribution is -0.135. The molecule has 0 saturated carbocycles. The van der Waals surface area contributed by atoms with Crippen molar-refractivity contribution < 1.29 is 4.79 Å². The smallest absolute Gasteiger partial charge is 0.236 e. The Morgan fingerprint density at radius 2 is 1.70 bits per heavy atom. The van der Waals surface area contributed by atoms with E-state index in [1.54, 1.807) is 12.4 Å². The minimum absolute atomic E-state index is 0.285. The minimum Gasteiger partial charge on any atom is -0.341 e. The minimum atomic E-state index is 0.285. The summed E-state index contributed by atoms with van der Waals surface area (Å²) in [5.41, 5.74) is 0. The molecule has 0 spiro atoms. The lowest BCUT2D eigenvalue weighted by Gasteiger charge is -2.38. The number of anilines is 1. The van der Waals surface area contributed by atoms with Crippen LogP contribution >= 0.6 is 0 Å². The number of piperazine rings is 1. The number of amides is 1. The molecule has 23 heavy (non-hydrogen) atoms. The molecule has 0 aromatic carbocycles. The van der Waals surface area contributed by atoms with Crippen LogP contribution in [-0.2, 0) is 4.79 Å². The zero-order valence-corrected chi connectivity index (χ0v) is 14.2. The zero-order valence-electron chi connectivity index (χ0n) is 14.2. The highest BCUT2D eigenvalue weighted by Gasteiger charge is 2.27. The van der Waals surface area contributed by atoms with Crippen molar-refractivity contribution in [3.05, 3.63) is 18.5 Å². The molecule has 2 atom stereocenters. The van der Waals surface area contributed by atoms with Crippen molar-refractivity contribution >= 4 is 11.9 Å². The summed E-state index contributed by atoms with van der Waals surface area (Å²) in [5.74, 6) is 2.31. The molecule has 0 bridgehead atoms. The summed E-state index contributed by atoms with van der Waals surface area (Å²) < 4.78 is 0. The monoisotopic (exact) mass is 317 g/mol. The molecule has 3 rings (SSSR count). The van der Waals surface area contributed by atoms with E-state index in [-0.39, 0.29) is 5.91 Å². The summed E-state index contributed by atoms with van der Waals surface area (Å²) in [7, 11) is 0. The fourth-order valence-corrected chi connectivity index (χ4v) is 3.72. The van der Waals surface area contributed by atoms with Crippen molar-refractivity contribution in [3.63, 3.8) is 0 Å². The van der Waals surface area contributed by atoms with Gasteiger partial charge in [0, 0.05) is 51.7 Å². The molecule has 0 aliphatic carbocycles. The Morgan fingerprint density at radius 1 is 1.09 bits per heavy atom. The van der Waals surface area contributed by atoms with Gasteiger partial charge in [0.05, 0.1) is 6.54 Å². The second-order valence-corrected chi connectivity index (χ2v) is 7.06. The van der Waals surface area contributed by atoms with Crippen LogP contribution in [-0.4, -0.2) is 71.5 Å². The van der Waals surface area contributed by atoms with Gasteiger partial charge in [0.15, 0.2) is 0 Å². The van der Waals surface area contributed by atoms with Crippen molar-refractivity contribution in [2.75, 3.05) is 50.7 Å². The van der Waals surface area contributed by atoms with Crippen molar-refractivity contribution in [2.24, 2.45) is 11.8 Å². The van der Waals surface area contributed by atoms with Crippen molar-refractivity contribution in [1.82, 2.24) is 19.8 Å². The van der Waals surface area contributed by atoms with E-state index in [9.17, 15) is 4.79 Å². The number of piperidine rings is 1. The second kappa shape index (κ2) is 7.25. The van der Waals surface area contributed by atoms with Crippen LogP contribution in [0, 0.1) is 11.8 Å². The number of rotatable bonds is 3. The van der Waals surface area contributed by atoms with E-state index in [2.05, 4.69) is 38.5 Å². The van der Waals surface area contributed by atoms with Gasteiger partial charge >= 0.3 is 0 Å². The molecule has 2 aliphatic heterocycles. The maximum Gasteiger partial charge on any atom is 0.236 e. The van der Waals surface area contributed by atoms with Crippen molar-refractivity contribution in [2.45, 2.75) is 20.3 Å². The summed E-state index contributed by atoms with van der Waals surface area (Å²) in [6, 6.07) is 1.83. The predicted octanol–water partition coefficient (Wildman–Crippen LogP) is 1.10. The average molecular weight is 317 g/mol. The molecule has 126 valence electrons. The van der Waals surface area contributed by atoms with Crippen LogP contribution in [0.3, 0.4) is 0 Å². The van der Waals surface area contributed by atoms with E-state index in [4.69, 9.17) is 0 Å². The quantitative estimate of drug-likeness (QED) is 0.836. The first kappa shape index (κ1) is 16.2. The molecule has 2 unspecified atom stereocenters.